The highest BCUT2D eigenvalue weighted by Crippen LogP contribution is 2.26. The van der Waals surface area contributed by atoms with Crippen LogP contribution in [-0.4, -0.2) is 13.2 Å². The monoisotopic (exact) mass is 219 g/mol. The van der Waals surface area contributed by atoms with Gasteiger partial charge in [-0.15, -0.1) is 0 Å². The molecule has 1 aromatic rings. The van der Waals surface area contributed by atoms with Gasteiger partial charge < -0.3 is 10.1 Å². The molecule has 0 aliphatic heterocycles. The van der Waals surface area contributed by atoms with Gasteiger partial charge in [-0.05, 0) is 49.4 Å². The molecule has 1 N–H and O–H groups in total. The van der Waals surface area contributed by atoms with Crippen LogP contribution in [0.2, 0.25) is 0 Å². The third-order valence-electron chi connectivity index (χ3n) is 3.15. The van der Waals surface area contributed by atoms with Gasteiger partial charge in [0.25, 0.3) is 0 Å². The maximum Gasteiger partial charge on any atom is 0.119 e. The third-order valence-corrected chi connectivity index (χ3v) is 3.15. The Bertz CT molecular complexity index is 303. The first kappa shape index (κ1) is 11.3. The van der Waals surface area contributed by atoms with Crippen LogP contribution in [0.15, 0.2) is 24.3 Å². The van der Waals surface area contributed by atoms with Crippen molar-refractivity contribution in [1.29, 1.82) is 0 Å². The van der Waals surface area contributed by atoms with Gasteiger partial charge in [0.05, 0.1) is 6.61 Å². The van der Waals surface area contributed by atoms with E-state index in [-0.39, 0.29) is 0 Å². The van der Waals surface area contributed by atoms with Crippen molar-refractivity contribution < 1.29 is 4.74 Å². The molecule has 0 aromatic heterocycles. The van der Waals surface area contributed by atoms with E-state index in [1.807, 2.05) is 12.1 Å². The van der Waals surface area contributed by atoms with Crippen molar-refractivity contribution in [2.45, 2.75) is 32.6 Å². The topological polar surface area (TPSA) is 21.3 Å². The molecule has 2 heteroatoms. The van der Waals surface area contributed by atoms with Gasteiger partial charge >= 0.3 is 0 Å². The maximum absolute atomic E-state index is 5.54. The van der Waals surface area contributed by atoms with Crippen molar-refractivity contribution in [1.82, 2.24) is 0 Å². The average Bonchev–Trinajstić information content (AvgIpc) is 2.26. The number of ether oxygens (including phenoxy) is 1. The fourth-order valence-corrected chi connectivity index (χ4v) is 1.85. The smallest absolute Gasteiger partial charge is 0.119 e. The van der Waals surface area contributed by atoms with E-state index < -0.39 is 0 Å². The fraction of sp³-hybridized carbons (Fsp3) is 0.571. The highest BCUT2D eigenvalue weighted by Gasteiger charge is 2.16. The average molecular weight is 219 g/mol. The molecule has 0 radical (unpaired) electrons. The van der Waals surface area contributed by atoms with Crippen molar-refractivity contribution >= 4 is 5.69 Å². The van der Waals surface area contributed by atoms with E-state index in [0.717, 1.165) is 31.2 Å². The number of benzene rings is 1. The Kier molecular flexibility index (Phi) is 4.09. The zero-order valence-corrected chi connectivity index (χ0v) is 10.0. The molecule has 1 saturated carbocycles. The fourth-order valence-electron chi connectivity index (χ4n) is 1.85. The Morgan fingerprint density at radius 2 is 2.00 bits per heavy atom. The van der Waals surface area contributed by atoms with E-state index in [4.69, 9.17) is 4.74 Å². The van der Waals surface area contributed by atoms with Crippen LogP contribution in [0.25, 0.3) is 0 Å². The first-order chi connectivity index (χ1) is 7.88. The molecular weight excluding hydrogens is 198 g/mol. The lowest BCUT2D eigenvalue weighted by molar-refractivity contribution is 0.317. The highest BCUT2D eigenvalue weighted by atomic mass is 16.5. The zero-order chi connectivity index (χ0) is 11.2. The minimum Gasteiger partial charge on any atom is -0.494 e. The van der Waals surface area contributed by atoms with E-state index >= 15 is 0 Å². The van der Waals surface area contributed by atoms with Gasteiger partial charge in [-0.25, -0.2) is 0 Å². The first-order valence-corrected chi connectivity index (χ1v) is 6.35. The van der Waals surface area contributed by atoms with E-state index in [1.54, 1.807) is 0 Å². The minimum absolute atomic E-state index is 0.800. The van der Waals surface area contributed by atoms with E-state index in [9.17, 15) is 0 Å². The number of rotatable bonds is 6. The van der Waals surface area contributed by atoms with Crippen LogP contribution < -0.4 is 10.1 Å². The molecule has 0 unspecified atom stereocenters. The number of anilines is 1. The second kappa shape index (κ2) is 5.78. The van der Waals surface area contributed by atoms with Gasteiger partial charge in [0, 0.05) is 12.2 Å². The first-order valence-electron chi connectivity index (χ1n) is 6.35. The van der Waals surface area contributed by atoms with E-state index in [1.165, 1.54) is 24.9 Å². The normalized spacial score (nSPS) is 15.6. The standard InChI is InChI=1S/C14H21NO/c1-2-10-16-14-8-6-13(7-9-14)15-11-12-4-3-5-12/h6-9,12,15H,2-5,10-11H2,1H3. The molecule has 0 heterocycles. The van der Waals surface area contributed by atoms with Gasteiger partial charge in [0.15, 0.2) is 0 Å². The number of hydrogen-bond donors (Lipinski definition) is 1. The molecule has 0 spiro atoms. The Morgan fingerprint density at radius 1 is 1.25 bits per heavy atom. The second-order valence-electron chi connectivity index (χ2n) is 4.55. The van der Waals surface area contributed by atoms with E-state index in [2.05, 4.69) is 24.4 Å². The Morgan fingerprint density at radius 3 is 2.56 bits per heavy atom. The summed E-state index contributed by atoms with van der Waals surface area (Å²) in [6, 6.07) is 8.28. The maximum atomic E-state index is 5.54. The molecule has 0 saturated heterocycles. The molecule has 1 aliphatic rings. The molecule has 0 amide bonds. The summed E-state index contributed by atoms with van der Waals surface area (Å²) in [7, 11) is 0. The van der Waals surface area contributed by atoms with Crippen molar-refractivity contribution in [2.24, 2.45) is 5.92 Å². The summed E-state index contributed by atoms with van der Waals surface area (Å²) in [5, 5.41) is 3.47. The summed E-state index contributed by atoms with van der Waals surface area (Å²) >= 11 is 0. The van der Waals surface area contributed by atoms with Crippen LogP contribution in [0.5, 0.6) is 5.75 Å². The summed E-state index contributed by atoms with van der Waals surface area (Å²) in [4.78, 5) is 0. The van der Waals surface area contributed by atoms with Gasteiger partial charge in [-0.2, -0.15) is 0 Å². The lowest BCUT2D eigenvalue weighted by Gasteiger charge is -2.25. The molecule has 0 bridgehead atoms. The molecule has 2 rings (SSSR count). The second-order valence-corrected chi connectivity index (χ2v) is 4.55. The molecule has 0 atom stereocenters. The number of hydrogen-bond acceptors (Lipinski definition) is 2. The van der Waals surface area contributed by atoms with E-state index in [0.29, 0.717) is 0 Å². The minimum atomic E-state index is 0.800. The zero-order valence-electron chi connectivity index (χ0n) is 10.0. The molecular formula is C14H21NO. The van der Waals surface area contributed by atoms with Gasteiger partial charge in [0.2, 0.25) is 0 Å². The molecule has 16 heavy (non-hydrogen) atoms. The highest BCUT2D eigenvalue weighted by molar-refractivity contribution is 5.46. The van der Waals surface area contributed by atoms with Crippen LogP contribution in [0, 0.1) is 5.92 Å². The van der Waals surface area contributed by atoms with Crippen molar-refractivity contribution in [3.8, 4) is 5.75 Å². The van der Waals surface area contributed by atoms with Crippen LogP contribution >= 0.6 is 0 Å². The van der Waals surface area contributed by atoms with Crippen LogP contribution in [0.4, 0.5) is 5.69 Å². The van der Waals surface area contributed by atoms with Crippen LogP contribution in [-0.2, 0) is 0 Å². The number of nitrogens with one attached hydrogen (secondary N) is 1. The molecule has 1 fully saturated rings. The SMILES string of the molecule is CCCOc1ccc(NCC2CCC2)cc1. The van der Waals surface area contributed by atoms with Crippen molar-refractivity contribution in [3.63, 3.8) is 0 Å². The van der Waals surface area contributed by atoms with Crippen molar-refractivity contribution in [3.05, 3.63) is 24.3 Å². The summed E-state index contributed by atoms with van der Waals surface area (Å²) in [6.45, 7) is 4.04. The summed E-state index contributed by atoms with van der Waals surface area (Å²) in [5.41, 5.74) is 1.20. The van der Waals surface area contributed by atoms with Gasteiger partial charge in [-0.1, -0.05) is 13.3 Å². The summed E-state index contributed by atoms with van der Waals surface area (Å²) in [5.74, 6) is 1.87. The quantitative estimate of drug-likeness (QED) is 0.788. The van der Waals surface area contributed by atoms with Crippen LogP contribution in [0.3, 0.4) is 0 Å². The van der Waals surface area contributed by atoms with Gasteiger partial charge in [-0.3, -0.25) is 0 Å². The Labute approximate surface area is 98.0 Å². The Hall–Kier alpha value is -1.18. The van der Waals surface area contributed by atoms with Crippen LogP contribution in [0.1, 0.15) is 32.6 Å². The lowest BCUT2D eigenvalue weighted by Crippen LogP contribution is -2.20. The molecule has 1 aromatic carbocycles. The summed E-state index contributed by atoms with van der Waals surface area (Å²) < 4.78 is 5.54. The molecule has 2 nitrogen and oxygen atoms in total. The predicted molar refractivity (Wildman–Crippen MR) is 68.1 cm³/mol. The molecule has 88 valence electrons. The largest absolute Gasteiger partial charge is 0.494 e. The summed E-state index contributed by atoms with van der Waals surface area (Å²) in [6.07, 6.45) is 5.26. The lowest BCUT2D eigenvalue weighted by atomic mass is 9.85. The third kappa shape index (κ3) is 3.16. The van der Waals surface area contributed by atoms with Crippen molar-refractivity contribution in [2.75, 3.05) is 18.5 Å². The predicted octanol–water partition coefficient (Wildman–Crippen LogP) is 3.69. The Balaban J connectivity index is 1.76. The molecule has 1 aliphatic carbocycles. The van der Waals surface area contributed by atoms with Gasteiger partial charge in [0.1, 0.15) is 5.75 Å².